The van der Waals surface area contributed by atoms with Crippen LogP contribution in [0.2, 0.25) is 0 Å². The smallest absolute Gasteiger partial charge is 0.227 e. The molecule has 5 heteroatoms. The molecule has 1 amide bonds. The normalized spacial score (nSPS) is 29.0. The number of nitrogens with one attached hydrogen (secondary N) is 1. The molecule has 1 saturated heterocycles. The van der Waals surface area contributed by atoms with Gasteiger partial charge in [-0.05, 0) is 55.0 Å². The number of anilines is 1. The molecule has 2 heterocycles. The zero-order chi connectivity index (χ0) is 18.3. The Morgan fingerprint density at radius 2 is 1.74 bits per heavy atom. The lowest BCUT2D eigenvalue weighted by atomic mass is 9.67. The van der Waals surface area contributed by atoms with Gasteiger partial charge in [0, 0.05) is 33.6 Å². The van der Waals surface area contributed by atoms with Gasteiger partial charge in [0.1, 0.15) is 0 Å². The third-order valence-corrected chi connectivity index (χ3v) is 11.4. The van der Waals surface area contributed by atoms with Gasteiger partial charge in [0.25, 0.3) is 0 Å². The first kappa shape index (κ1) is 18.1. The fraction of sp³-hybridized carbons (Fsp3) is 0.500. The minimum atomic E-state index is 0.170. The summed E-state index contributed by atoms with van der Waals surface area (Å²) in [5.41, 5.74) is 2.09. The average molecular weight is 416 g/mol. The highest BCUT2D eigenvalue weighted by Gasteiger charge is 2.55. The van der Waals surface area contributed by atoms with Crippen molar-refractivity contribution < 1.29 is 4.79 Å². The predicted molar refractivity (Wildman–Crippen MR) is 120 cm³/mol. The van der Waals surface area contributed by atoms with Gasteiger partial charge in [-0.1, -0.05) is 30.7 Å². The number of carbonyl (C=O) groups excluding carboxylic acids is 1. The summed E-state index contributed by atoms with van der Waals surface area (Å²) < 4.78 is 0.434. The molecule has 27 heavy (non-hydrogen) atoms. The van der Waals surface area contributed by atoms with E-state index in [0.717, 1.165) is 24.1 Å². The van der Waals surface area contributed by atoms with E-state index in [-0.39, 0.29) is 11.8 Å². The minimum absolute atomic E-state index is 0.170. The number of rotatable bonds is 3. The summed E-state index contributed by atoms with van der Waals surface area (Å²) in [7, 11) is 0. The molecule has 5 rings (SSSR count). The van der Waals surface area contributed by atoms with Crippen molar-refractivity contribution in [1.29, 1.82) is 0 Å². The molecule has 1 N–H and O–H groups in total. The molecule has 3 fully saturated rings. The van der Waals surface area contributed by atoms with E-state index >= 15 is 0 Å². The summed E-state index contributed by atoms with van der Waals surface area (Å²) in [5, 5.41) is 5.38. The van der Waals surface area contributed by atoms with E-state index in [0.29, 0.717) is 15.9 Å². The van der Waals surface area contributed by atoms with Crippen LogP contribution >= 0.6 is 34.9 Å². The van der Waals surface area contributed by atoms with E-state index in [1.54, 1.807) is 11.3 Å². The van der Waals surface area contributed by atoms with E-state index in [1.807, 2.05) is 18.2 Å². The van der Waals surface area contributed by atoms with Crippen LogP contribution in [0.15, 0.2) is 41.8 Å². The summed E-state index contributed by atoms with van der Waals surface area (Å²) >= 11 is 6.14. The maximum absolute atomic E-state index is 13.2. The van der Waals surface area contributed by atoms with Crippen LogP contribution in [0, 0.1) is 17.8 Å². The molecule has 1 aliphatic heterocycles. The molecule has 1 spiro atoms. The highest BCUT2D eigenvalue weighted by molar-refractivity contribution is 8.21. The van der Waals surface area contributed by atoms with Gasteiger partial charge in [-0.15, -0.1) is 34.9 Å². The molecule has 0 radical (unpaired) electrons. The molecule has 1 aromatic carbocycles. The van der Waals surface area contributed by atoms with Crippen molar-refractivity contribution in [2.45, 2.75) is 36.2 Å². The first-order valence-electron chi connectivity index (χ1n) is 9.98. The third kappa shape index (κ3) is 3.26. The van der Waals surface area contributed by atoms with E-state index in [2.05, 4.69) is 52.4 Å². The van der Waals surface area contributed by atoms with Crippen molar-refractivity contribution in [3.05, 3.63) is 41.8 Å². The summed E-state index contributed by atoms with van der Waals surface area (Å²) in [5.74, 6) is 4.42. The van der Waals surface area contributed by atoms with Gasteiger partial charge in [-0.25, -0.2) is 0 Å². The van der Waals surface area contributed by atoms with Gasteiger partial charge in [0.05, 0.1) is 4.08 Å². The van der Waals surface area contributed by atoms with Gasteiger partial charge in [-0.2, -0.15) is 0 Å². The molecule has 2 bridgehead atoms. The van der Waals surface area contributed by atoms with E-state index in [4.69, 9.17) is 0 Å². The van der Waals surface area contributed by atoms with Crippen molar-refractivity contribution >= 4 is 46.5 Å². The second kappa shape index (κ2) is 7.49. The SMILES string of the molecule is O=C(Nc1ccccc1-c1cccs1)C1CC2CCCC(C1)C21SCCS1. The topological polar surface area (TPSA) is 29.1 Å². The molecule has 2 unspecified atom stereocenters. The summed E-state index contributed by atoms with van der Waals surface area (Å²) in [6.45, 7) is 0. The molecule has 2 aromatic rings. The van der Waals surface area contributed by atoms with Gasteiger partial charge >= 0.3 is 0 Å². The molecule has 2 aliphatic carbocycles. The van der Waals surface area contributed by atoms with Crippen LogP contribution in [-0.2, 0) is 4.79 Å². The number of carbonyl (C=O) groups is 1. The molecule has 2 atom stereocenters. The number of hydrogen-bond donors (Lipinski definition) is 1. The number of para-hydroxylation sites is 1. The lowest BCUT2D eigenvalue weighted by Crippen LogP contribution is -2.48. The summed E-state index contributed by atoms with van der Waals surface area (Å²) in [6.07, 6.45) is 6.12. The van der Waals surface area contributed by atoms with Gasteiger partial charge in [-0.3, -0.25) is 4.79 Å². The highest BCUT2D eigenvalue weighted by Crippen LogP contribution is 2.64. The largest absolute Gasteiger partial charge is 0.325 e. The minimum Gasteiger partial charge on any atom is -0.325 e. The van der Waals surface area contributed by atoms with Crippen LogP contribution in [0.3, 0.4) is 0 Å². The van der Waals surface area contributed by atoms with E-state index in [1.165, 1.54) is 35.6 Å². The highest BCUT2D eigenvalue weighted by atomic mass is 32.2. The standard InChI is InChI=1S/C22H25NOS3/c24-21(23-19-8-2-1-7-18(19)20-9-4-10-25-20)15-13-16-5-3-6-17(14-15)22(16)26-11-12-27-22/h1-2,4,7-10,15-17H,3,5-6,11-14H2,(H,23,24). The lowest BCUT2D eigenvalue weighted by Gasteiger charge is -2.52. The monoisotopic (exact) mass is 415 g/mol. The van der Waals surface area contributed by atoms with Crippen molar-refractivity contribution in [2.24, 2.45) is 17.8 Å². The Morgan fingerprint density at radius 1 is 1.00 bits per heavy atom. The number of thiophene rings is 1. The summed E-state index contributed by atoms with van der Waals surface area (Å²) in [6, 6.07) is 12.4. The second-order valence-electron chi connectivity index (χ2n) is 7.92. The number of benzene rings is 1. The van der Waals surface area contributed by atoms with Crippen molar-refractivity contribution in [2.75, 3.05) is 16.8 Å². The first-order chi connectivity index (χ1) is 13.3. The third-order valence-electron chi connectivity index (χ3n) is 6.46. The Balaban J connectivity index is 1.35. The van der Waals surface area contributed by atoms with E-state index in [9.17, 15) is 4.79 Å². The van der Waals surface area contributed by atoms with Crippen molar-refractivity contribution in [3.63, 3.8) is 0 Å². The van der Waals surface area contributed by atoms with Crippen LogP contribution in [0.5, 0.6) is 0 Å². The van der Waals surface area contributed by atoms with Crippen LogP contribution < -0.4 is 5.32 Å². The summed E-state index contributed by atoms with van der Waals surface area (Å²) in [4.78, 5) is 14.4. The molecule has 2 nitrogen and oxygen atoms in total. The van der Waals surface area contributed by atoms with Crippen LogP contribution in [-0.4, -0.2) is 21.5 Å². The number of amides is 1. The fourth-order valence-electron chi connectivity index (χ4n) is 5.30. The fourth-order valence-corrected chi connectivity index (χ4v) is 10.00. The molecule has 1 aromatic heterocycles. The van der Waals surface area contributed by atoms with Crippen molar-refractivity contribution in [1.82, 2.24) is 0 Å². The average Bonchev–Trinajstić information content (AvgIpc) is 3.35. The first-order valence-corrected chi connectivity index (χ1v) is 12.8. The Labute approximate surface area is 173 Å². The Kier molecular flexibility index (Phi) is 5.03. The quantitative estimate of drug-likeness (QED) is 0.633. The molecule has 2 saturated carbocycles. The molecule has 3 aliphatic rings. The van der Waals surface area contributed by atoms with Crippen LogP contribution in [0.1, 0.15) is 32.1 Å². The van der Waals surface area contributed by atoms with Gasteiger partial charge in [0.2, 0.25) is 5.91 Å². The zero-order valence-corrected chi connectivity index (χ0v) is 17.8. The Bertz CT molecular complexity index is 797. The molecular weight excluding hydrogens is 390 g/mol. The van der Waals surface area contributed by atoms with E-state index < -0.39 is 0 Å². The lowest BCUT2D eigenvalue weighted by molar-refractivity contribution is -0.122. The van der Waals surface area contributed by atoms with Crippen LogP contribution in [0.4, 0.5) is 5.69 Å². The maximum atomic E-state index is 13.2. The Hall–Kier alpha value is -0.910. The second-order valence-corrected chi connectivity index (χ2v) is 11.9. The predicted octanol–water partition coefficient (Wildman–Crippen LogP) is 6.36. The van der Waals surface area contributed by atoms with Gasteiger partial charge < -0.3 is 5.32 Å². The molecular formula is C22H25NOS3. The zero-order valence-electron chi connectivity index (χ0n) is 15.4. The van der Waals surface area contributed by atoms with Crippen LogP contribution in [0.25, 0.3) is 10.4 Å². The van der Waals surface area contributed by atoms with Crippen molar-refractivity contribution in [3.8, 4) is 10.4 Å². The number of hydrogen-bond acceptors (Lipinski definition) is 4. The Morgan fingerprint density at radius 3 is 2.44 bits per heavy atom. The number of thioether (sulfide) groups is 2. The molecule has 142 valence electrons. The maximum Gasteiger partial charge on any atom is 0.227 e. The van der Waals surface area contributed by atoms with Gasteiger partial charge in [0.15, 0.2) is 0 Å².